The van der Waals surface area contributed by atoms with Gasteiger partial charge in [-0.1, -0.05) is 48.5 Å². The summed E-state index contributed by atoms with van der Waals surface area (Å²) in [5.41, 5.74) is 5.26. The Hall–Kier alpha value is -2.86. The molecule has 1 aliphatic heterocycles. The van der Waals surface area contributed by atoms with E-state index in [0.717, 1.165) is 13.1 Å². The number of rotatable bonds is 4. The van der Waals surface area contributed by atoms with E-state index in [1.54, 1.807) is 4.90 Å². The fourth-order valence-electron chi connectivity index (χ4n) is 4.09. The van der Waals surface area contributed by atoms with Crippen LogP contribution in [0.3, 0.4) is 0 Å². The predicted octanol–water partition coefficient (Wildman–Crippen LogP) is 2.56. The summed E-state index contributed by atoms with van der Waals surface area (Å²) in [5, 5.41) is 11.4. The second-order valence-corrected chi connectivity index (χ2v) is 6.98. The number of aliphatic carboxylic acids is 1. The van der Waals surface area contributed by atoms with Gasteiger partial charge in [-0.15, -0.1) is 0 Å². The smallest absolute Gasteiger partial charge is 0.317 e. The molecule has 2 aromatic carbocycles. The summed E-state index contributed by atoms with van der Waals surface area (Å²) < 4.78 is 0. The predicted molar refractivity (Wildman–Crippen MR) is 103 cm³/mol. The average molecular weight is 365 g/mol. The average Bonchev–Trinajstić information content (AvgIpc) is 3.02. The molecule has 0 spiro atoms. The largest absolute Gasteiger partial charge is 0.481 e. The zero-order valence-electron chi connectivity index (χ0n) is 15.1. The molecule has 0 aromatic heterocycles. The highest BCUT2D eigenvalue weighted by molar-refractivity contribution is 5.78. The molecule has 140 valence electrons. The molecular weight excluding hydrogens is 342 g/mol. The van der Waals surface area contributed by atoms with E-state index in [-0.39, 0.29) is 25.0 Å². The highest BCUT2D eigenvalue weighted by Gasteiger charge is 2.34. The maximum Gasteiger partial charge on any atom is 0.317 e. The second kappa shape index (κ2) is 7.40. The van der Waals surface area contributed by atoms with E-state index >= 15 is 0 Å². The van der Waals surface area contributed by atoms with Crippen molar-refractivity contribution in [2.45, 2.75) is 12.5 Å². The van der Waals surface area contributed by atoms with Crippen LogP contribution in [-0.2, 0) is 4.79 Å². The van der Waals surface area contributed by atoms with E-state index in [2.05, 4.69) is 58.7 Å². The number of carbonyl (C=O) groups excluding carboxylic acids is 1. The third-order valence-corrected chi connectivity index (χ3v) is 5.38. The van der Waals surface area contributed by atoms with Gasteiger partial charge >= 0.3 is 12.0 Å². The molecule has 6 heteroatoms. The molecule has 2 aliphatic rings. The van der Waals surface area contributed by atoms with E-state index in [9.17, 15) is 9.59 Å². The Labute approximate surface area is 158 Å². The summed E-state index contributed by atoms with van der Waals surface area (Å²) in [6, 6.07) is 17.1. The normalized spacial score (nSPS) is 16.7. The van der Waals surface area contributed by atoms with Crippen LogP contribution >= 0.6 is 0 Å². The topological polar surface area (TPSA) is 72.9 Å². The van der Waals surface area contributed by atoms with Gasteiger partial charge in [-0.2, -0.15) is 0 Å². The highest BCUT2D eigenvalue weighted by atomic mass is 16.4. The van der Waals surface area contributed by atoms with Gasteiger partial charge in [-0.3, -0.25) is 9.69 Å². The monoisotopic (exact) mass is 365 g/mol. The SMILES string of the molecule is O=C(O)CCNC(=O)N1CCN(C2c3ccccc3-c3ccccc32)CC1. The van der Waals surface area contributed by atoms with E-state index < -0.39 is 5.97 Å². The molecule has 2 N–H and O–H groups in total. The maximum atomic E-state index is 12.2. The van der Waals surface area contributed by atoms with E-state index in [1.165, 1.54) is 22.3 Å². The Morgan fingerprint density at radius 1 is 0.926 bits per heavy atom. The van der Waals surface area contributed by atoms with Gasteiger partial charge in [0.05, 0.1) is 12.5 Å². The molecule has 1 aliphatic carbocycles. The van der Waals surface area contributed by atoms with Gasteiger partial charge in [0.1, 0.15) is 0 Å². The molecule has 1 fully saturated rings. The van der Waals surface area contributed by atoms with Crippen molar-refractivity contribution < 1.29 is 14.7 Å². The van der Waals surface area contributed by atoms with E-state index in [1.807, 2.05) is 0 Å². The first-order chi connectivity index (χ1) is 13.1. The standard InChI is InChI=1S/C21H23N3O3/c25-19(26)9-10-22-21(27)24-13-11-23(12-14-24)20-17-7-3-1-5-15(17)16-6-2-4-8-18(16)20/h1-8,20H,9-14H2,(H,22,27)(H,25,26). The lowest BCUT2D eigenvalue weighted by Crippen LogP contribution is -2.52. The number of hydrogen-bond donors (Lipinski definition) is 2. The number of benzene rings is 2. The van der Waals surface area contributed by atoms with Crippen molar-refractivity contribution in [3.63, 3.8) is 0 Å². The first-order valence-corrected chi connectivity index (χ1v) is 9.32. The summed E-state index contributed by atoms with van der Waals surface area (Å²) in [4.78, 5) is 27.0. The minimum absolute atomic E-state index is 0.0542. The summed E-state index contributed by atoms with van der Waals surface area (Å²) in [6.45, 7) is 3.02. The minimum Gasteiger partial charge on any atom is -0.481 e. The number of carboxylic acid groups (broad SMARTS) is 1. The summed E-state index contributed by atoms with van der Waals surface area (Å²) in [6.07, 6.45) is -0.0542. The van der Waals surface area contributed by atoms with Crippen LogP contribution in [0.15, 0.2) is 48.5 Å². The molecule has 4 rings (SSSR count). The molecule has 0 radical (unpaired) electrons. The van der Waals surface area contributed by atoms with Crippen LogP contribution in [0, 0.1) is 0 Å². The number of hydrogen-bond acceptors (Lipinski definition) is 3. The Bertz CT molecular complexity index is 814. The van der Waals surface area contributed by atoms with Crippen LogP contribution < -0.4 is 5.32 Å². The fourth-order valence-corrected chi connectivity index (χ4v) is 4.09. The first kappa shape index (κ1) is 17.5. The number of fused-ring (bicyclic) bond motifs is 3. The van der Waals surface area contributed by atoms with Crippen LogP contribution in [0.1, 0.15) is 23.6 Å². The molecular formula is C21H23N3O3. The van der Waals surface area contributed by atoms with E-state index in [4.69, 9.17) is 5.11 Å². The van der Waals surface area contributed by atoms with Gasteiger partial charge in [-0.25, -0.2) is 4.79 Å². The molecule has 0 saturated carbocycles. The van der Waals surface area contributed by atoms with Gasteiger partial charge in [0, 0.05) is 32.7 Å². The van der Waals surface area contributed by atoms with Crippen LogP contribution in [0.2, 0.25) is 0 Å². The van der Waals surface area contributed by atoms with Gasteiger partial charge in [0.15, 0.2) is 0 Å². The summed E-state index contributed by atoms with van der Waals surface area (Å²) in [5.74, 6) is -0.904. The summed E-state index contributed by atoms with van der Waals surface area (Å²) >= 11 is 0. The maximum absolute atomic E-state index is 12.2. The van der Waals surface area contributed by atoms with Gasteiger partial charge in [0.25, 0.3) is 0 Å². The molecule has 0 unspecified atom stereocenters. The number of nitrogens with zero attached hydrogens (tertiary/aromatic N) is 2. The lowest BCUT2D eigenvalue weighted by atomic mass is 10.0. The van der Waals surface area contributed by atoms with Gasteiger partial charge < -0.3 is 15.3 Å². The third-order valence-electron chi connectivity index (χ3n) is 5.38. The van der Waals surface area contributed by atoms with Gasteiger partial charge in [-0.05, 0) is 22.3 Å². The van der Waals surface area contributed by atoms with Crippen LogP contribution in [0.25, 0.3) is 11.1 Å². The van der Waals surface area contributed by atoms with Crippen LogP contribution in [0.5, 0.6) is 0 Å². The Morgan fingerprint density at radius 2 is 1.48 bits per heavy atom. The molecule has 2 amide bonds. The molecule has 6 nitrogen and oxygen atoms in total. The molecule has 1 heterocycles. The molecule has 0 bridgehead atoms. The van der Waals surface area contributed by atoms with Crippen molar-refractivity contribution in [2.75, 3.05) is 32.7 Å². The lowest BCUT2D eigenvalue weighted by Gasteiger charge is -2.38. The van der Waals surface area contributed by atoms with Crippen molar-refractivity contribution in [1.29, 1.82) is 0 Å². The van der Waals surface area contributed by atoms with Gasteiger partial charge in [0.2, 0.25) is 0 Å². The molecule has 27 heavy (non-hydrogen) atoms. The first-order valence-electron chi connectivity index (χ1n) is 9.32. The van der Waals surface area contributed by atoms with Crippen molar-refractivity contribution in [3.8, 4) is 11.1 Å². The number of nitrogens with one attached hydrogen (secondary N) is 1. The minimum atomic E-state index is -0.904. The van der Waals surface area contributed by atoms with Crippen molar-refractivity contribution in [1.82, 2.24) is 15.1 Å². The van der Waals surface area contributed by atoms with Crippen molar-refractivity contribution in [3.05, 3.63) is 59.7 Å². The van der Waals surface area contributed by atoms with Crippen LogP contribution in [-0.4, -0.2) is 59.6 Å². The molecule has 2 aromatic rings. The number of urea groups is 1. The quantitative estimate of drug-likeness (QED) is 0.873. The number of amides is 2. The highest BCUT2D eigenvalue weighted by Crippen LogP contribution is 2.46. The lowest BCUT2D eigenvalue weighted by molar-refractivity contribution is -0.136. The number of carboxylic acids is 1. The van der Waals surface area contributed by atoms with Crippen molar-refractivity contribution in [2.24, 2.45) is 0 Å². The second-order valence-electron chi connectivity index (χ2n) is 6.98. The Balaban J connectivity index is 1.44. The molecule has 0 atom stereocenters. The Morgan fingerprint density at radius 3 is 2.04 bits per heavy atom. The number of carbonyl (C=O) groups is 2. The zero-order chi connectivity index (χ0) is 18.8. The number of piperazine rings is 1. The van der Waals surface area contributed by atoms with E-state index in [0.29, 0.717) is 13.1 Å². The molecule has 1 saturated heterocycles. The fraction of sp³-hybridized carbons (Fsp3) is 0.333. The van der Waals surface area contributed by atoms with Crippen molar-refractivity contribution >= 4 is 12.0 Å². The third kappa shape index (κ3) is 3.40. The Kier molecular flexibility index (Phi) is 4.81. The van der Waals surface area contributed by atoms with Crippen LogP contribution in [0.4, 0.5) is 4.79 Å². The summed E-state index contributed by atoms with van der Waals surface area (Å²) in [7, 11) is 0. The zero-order valence-corrected chi connectivity index (χ0v) is 15.1.